The Hall–Kier alpha value is -2.11. The summed E-state index contributed by atoms with van der Waals surface area (Å²) in [5.74, 6) is 0. The average molecular weight is 285 g/mol. The minimum absolute atomic E-state index is 0.437. The standard InChI is InChI=1S/C15H15N3OS/c16-12-3-4-13(15-11(12)2-1-6-17-15)18-8-14(19)10-5-7-20-9-10/h1-7,9,14,18-19H,8,16H2. The summed E-state index contributed by atoms with van der Waals surface area (Å²) in [6.07, 6.45) is 1.21. The Morgan fingerprint density at radius 3 is 3.00 bits per heavy atom. The number of anilines is 2. The second-order valence-electron chi connectivity index (χ2n) is 4.56. The number of aliphatic hydroxyl groups is 1. The molecule has 0 bridgehead atoms. The van der Waals surface area contributed by atoms with Gasteiger partial charge in [0.05, 0.1) is 17.3 Å². The van der Waals surface area contributed by atoms with Gasteiger partial charge in [-0.2, -0.15) is 11.3 Å². The van der Waals surface area contributed by atoms with Crippen LogP contribution in [0.5, 0.6) is 0 Å². The lowest BCUT2D eigenvalue weighted by Crippen LogP contribution is -2.12. The highest BCUT2D eigenvalue weighted by Gasteiger charge is 2.09. The number of nitrogens with one attached hydrogen (secondary N) is 1. The molecule has 0 spiro atoms. The van der Waals surface area contributed by atoms with E-state index in [0.29, 0.717) is 12.2 Å². The van der Waals surface area contributed by atoms with E-state index in [1.54, 1.807) is 17.5 Å². The van der Waals surface area contributed by atoms with Gasteiger partial charge in [-0.1, -0.05) is 0 Å². The maximum Gasteiger partial charge on any atom is 0.0970 e. The van der Waals surface area contributed by atoms with Gasteiger partial charge in [-0.25, -0.2) is 0 Å². The Morgan fingerprint density at radius 1 is 1.30 bits per heavy atom. The van der Waals surface area contributed by atoms with Crippen molar-refractivity contribution in [1.82, 2.24) is 4.98 Å². The molecule has 4 N–H and O–H groups in total. The Bertz CT molecular complexity index is 712. The third kappa shape index (κ3) is 2.45. The molecule has 0 aliphatic carbocycles. The maximum atomic E-state index is 10.1. The van der Waals surface area contributed by atoms with Gasteiger partial charge in [-0.05, 0) is 46.7 Å². The fourth-order valence-electron chi connectivity index (χ4n) is 2.13. The summed E-state index contributed by atoms with van der Waals surface area (Å²) < 4.78 is 0. The number of rotatable bonds is 4. The molecule has 0 fully saturated rings. The smallest absolute Gasteiger partial charge is 0.0970 e. The van der Waals surface area contributed by atoms with Crippen molar-refractivity contribution in [1.29, 1.82) is 0 Å². The predicted molar refractivity (Wildman–Crippen MR) is 83.9 cm³/mol. The van der Waals surface area contributed by atoms with Crippen molar-refractivity contribution in [2.45, 2.75) is 6.10 Å². The van der Waals surface area contributed by atoms with Crippen LogP contribution in [0.15, 0.2) is 47.3 Å². The van der Waals surface area contributed by atoms with Gasteiger partial charge in [0.25, 0.3) is 0 Å². The molecule has 1 atom stereocenters. The topological polar surface area (TPSA) is 71.2 Å². The lowest BCUT2D eigenvalue weighted by atomic mass is 10.1. The summed E-state index contributed by atoms with van der Waals surface area (Å²) in [5, 5.41) is 18.2. The van der Waals surface area contributed by atoms with Crippen molar-refractivity contribution < 1.29 is 5.11 Å². The van der Waals surface area contributed by atoms with E-state index in [9.17, 15) is 5.11 Å². The summed E-state index contributed by atoms with van der Waals surface area (Å²) in [5.41, 5.74) is 9.28. The van der Waals surface area contributed by atoms with Crippen LogP contribution < -0.4 is 11.1 Å². The zero-order chi connectivity index (χ0) is 13.9. The zero-order valence-electron chi connectivity index (χ0n) is 10.8. The van der Waals surface area contributed by atoms with Gasteiger partial charge in [0.2, 0.25) is 0 Å². The number of aliphatic hydroxyl groups excluding tert-OH is 1. The number of benzene rings is 1. The van der Waals surface area contributed by atoms with Crippen LogP contribution in [0.1, 0.15) is 11.7 Å². The van der Waals surface area contributed by atoms with E-state index in [4.69, 9.17) is 5.73 Å². The number of nitrogens with two attached hydrogens (primary N) is 1. The molecule has 0 saturated carbocycles. The third-order valence-corrected chi connectivity index (χ3v) is 3.92. The predicted octanol–water partition coefficient (Wildman–Crippen LogP) is 3.02. The van der Waals surface area contributed by atoms with Gasteiger partial charge in [0, 0.05) is 23.8 Å². The lowest BCUT2D eigenvalue weighted by molar-refractivity contribution is 0.192. The fourth-order valence-corrected chi connectivity index (χ4v) is 2.83. The molecule has 20 heavy (non-hydrogen) atoms. The largest absolute Gasteiger partial charge is 0.398 e. The van der Waals surface area contributed by atoms with Gasteiger partial charge in [-0.15, -0.1) is 0 Å². The van der Waals surface area contributed by atoms with Gasteiger partial charge < -0.3 is 16.2 Å². The molecule has 3 aromatic rings. The quantitative estimate of drug-likeness (QED) is 0.644. The number of nitrogen functional groups attached to an aromatic ring is 1. The molecule has 2 heterocycles. The first-order valence-electron chi connectivity index (χ1n) is 6.33. The first kappa shape index (κ1) is 12.9. The summed E-state index contributed by atoms with van der Waals surface area (Å²) >= 11 is 1.58. The molecule has 4 nitrogen and oxygen atoms in total. The van der Waals surface area contributed by atoms with Gasteiger partial charge in [0.1, 0.15) is 0 Å². The van der Waals surface area contributed by atoms with Gasteiger partial charge >= 0.3 is 0 Å². The van der Waals surface area contributed by atoms with Crippen molar-refractivity contribution in [2.75, 3.05) is 17.6 Å². The van der Waals surface area contributed by atoms with Crippen LogP contribution in [-0.4, -0.2) is 16.6 Å². The molecule has 0 aliphatic heterocycles. The van der Waals surface area contributed by atoms with Crippen molar-refractivity contribution in [3.63, 3.8) is 0 Å². The molecule has 5 heteroatoms. The van der Waals surface area contributed by atoms with Crippen molar-refractivity contribution in [3.8, 4) is 0 Å². The van der Waals surface area contributed by atoms with Crippen LogP contribution in [0.2, 0.25) is 0 Å². The molecular formula is C15H15N3OS. The Labute approximate surface area is 120 Å². The summed E-state index contributed by atoms with van der Waals surface area (Å²) in [6, 6.07) is 9.48. The van der Waals surface area contributed by atoms with Crippen molar-refractivity contribution in [3.05, 3.63) is 52.9 Å². The number of fused-ring (bicyclic) bond motifs is 1. The molecule has 1 aromatic carbocycles. The number of thiophene rings is 1. The average Bonchev–Trinajstić information content (AvgIpc) is 3.01. The number of hydrogen-bond donors (Lipinski definition) is 3. The highest BCUT2D eigenvalue weighted by Crippen LogP contribution is 2.27. The molecule has 1 unspecified atom stereocenters. The van der Waals surface area contributed by atoms with Crippen LogP contribution in [0.4, 0.5) is 11.4 Å². The molecule has 2 aromatic heterocycles. The summed E-state index contributed by atoms with van der Waals surface area (Å²) in [6.45, 7) is 0.437. The van der Waals surface area contributed by atoms with Gasteiger partial charge in [0.15, 0.2) is 0 Å². The number of aromatic nitrogens is 1. The molecule has 0 radical (unpaired) electrons. The monoisotopic (exact) mass is 285 g/mol. The fraction of sp³-hybridized carbons (Fsp3) is 0.133. The maximum absolute atomic E-state index is 10.1. The number of pyridine rings is 1. The molecule has 0 amide bonds. The van der Waals surface area contributed by atoms with Gasteiger partial charge in [-0.3, -0.25) is 4.98 Å². The molecule has 0 saturated heterocycles. The van der Waals surface area contributed by atoms with E-state index in [2.05, 4.69) is 10.3 Å². The van der Waals surface area contributed by atoms with E-state index in [-0.39, 0.29) is 0 Å². The Morgan fingerprint density at radius 2 is 2.20 bits per heavy atom. The van der Waals surface area contributed by atoms with E-state index in [1.165, 1.54) is 0 Å². The van der Waals surface area contributed by atoms with E-state index in [1.807, 2.05) is 41.1 Å². The molecular weight excluding hydrogens is 270 g/mol. The van der Waals surface area contributed by atoms with Crippen molar-refractivity contribution in [2.24, 2.45) is 0 Å². The number of hydrogen-bond acceptors (Lipinski definition) is 5. The van der Waals surface area contributed by atoms with E-state index in [0.717, 1.165) is 22.2 Å². The van der Waals surface area contributed by atoms with Crippen LogP contribution in [-0.2, 0) is 0 Å². The van der Waals surface area contributed by atoms with Crippen LogP contribution in [0, 0.1) is 0 Å². The second-order valence-corrected chi connectivity index (χ2v) is 5.34. The third-order valence-electron chi connectivity index (χ3n) is 3.22. The van der Waals surface area contributed by atoms with E-state index < -0.39 is 6.10 Å². The van der Waals surface area contributed by atoms with Crippen LogP contribution in [0.3, 0.4) is 0 Å². The molecule has 3 rings (SSSR count). The molecule has 102 valence electrons. The SMILES string of the molecule is Nc1ccc(NCC(O)c2ccsc2)c2ncccc12. The minimum Gasteiger partial charge on any atom is -0.398 e. The molecule has 0 aliphatic rings. The normalized spacial score (nSPS) is 12.4. The van der Waals surface area contributed by atoms with Crippen LogP contribution >= 0.6 is 11.3 Å². The Kier molecular flexibility index (Phi) is 3.54. The summed E-state index contributed by atoms with van der Waals surface area (Å²) in [7, 11) is 0. The zero-order valence-corrected chi connectivity index (χ0v) is 11.6. The van der Waals surface area contributed by atoms with Crippen molar-refractivity contribution >= 4 is 33.6 Å². The highest BCUT2D eigenvalue weighted by atomic mass is 32.1. The first-order valence-corrected chi connectivity index (χ1v) is 7.27. The second kappa shape index (κ2) is 5.48. The van der Waals surface area contributed by atoms with Crippen LogP contribution in [0.25, 0.3) is 10.9 Å². The highest BCUT2D eigenvalue weighted by molar-refractivity contribution is 7.07. The minimum atomic E-state index is -0.530. The van der Waals surface area contributed by atoms with E-state index >= 15 is 0 Å². The Balaban J connectivity index is 1.83. The first-order chi connectivity index (χ1) is 9.75. The lowest BCUT2D eigenvalue weighted by Gasteiger charge is -2.13. The number of nitrogens with zero attached hydrogens (tertiary/aromatic N) is 1. The summed E-state index contributed by atoms with van der Waals surface area (Å²) in [4.78, 5) is 4.36.